The normalized spacial score (nSPS) is 22.6. The van der Waals surface area contributed by atoms with E-state index in [0.717, 1.165) is 42.9 Å². The monoisotopic (exact) mass is 773 g/mol. The lowest BCUT2D eigenvalue weighted by molar-refractivity contribution is -0.122. The van der Waals surface area contributed by atoms with E-state index in [9.17, 15) is 19.8 Å². The van der Waals surface area contributed by atoms with Gasteiger partial charge < -0.3 is 45.8 Å². The maximum Gasteiger partial charge on any atom is 0.317 e. The highest BCUT2D eigenvalue weighted by molar-refractivity contribution is 5.84. The molecule has 15 heteroatoms. The molecular weight excluding hydrogens is 723 g/mol. The number of piperidine rings is 1. The number of nitrogens with zero attached hydrogens (tertiary/aromatic N) is 7. The van der Waals surface area contributed by atoms with Gasteiger partial charge in [-0.15, -0.1) is 0 Å². The zero-order chi connectivity index (χ0) is 39.3. The number of amides is 3. The number of imidazole rings is 1. The Morgan fingerprint density at radius 3 is 2.21 bits per heavy atom. The van der Waals surface area contributed by atoms with Crippen LogP contribution in [0.4, 0.5) is 22.4 Å². The van der Waals surface area contributed by atoms with E-state index in [1.807, 2.05) is 59.5 Å². The Balaban J connectivity index is 1.00. The molecule has 0 radical (unpaired) electrons. The van der Waals surface area contributed by atoms with Crippen molar-refractivity contribution < 1.29 is 19.8 Å². The highest BCUT2D eigenvalue weighted by Crippen LogP contribution is 2.35. The van der Waals surface area contributed by atoms with E-state index in [4.69, 9.17) is 15.0 Å². The van der Waals surface area contributed by atoms with Gasteiger partial charge in [0.1, 0.15) is 18.0 Å². The molecular formula is C42H51N11O4. The maximum absolute atomic E-state index is 13.4. The largest absolute Gasteiger partial charge is 0.388 e. The number of aromatic nitrogens is 5. The molecule has 0 spiro atoms. The smallest absolute Gasteiger partial charge is 0.317 e. The summed E-state index contributed by atoms with van der Waals surface area (Å²) >= 11 is 0. The minimum absolute atomic E-state index is 0.00907. The molecule has 15 nitrogen and oxygen atoms in total. The van der Waals surface area contributed by atoms with Crippen LogP contribution in [0.2, 0.25) is 0 Å². The Kier molecular flexibility index (Phi) is 11.5. The number of rotatable bonds is 12. The second-order valence-corrected chi connectivity index (χ2v) is 15.3. The first-order valence-electron chi connectivity index (χ1n) is 20.1. The van der Waals surface area contributed by atoms with Crippen molar-refractivity contribution in [1.29, 1.82) is 0 Å². The van der Waals surface area contributed by atoms with E-state index in [1.165, 1.54) is 0 Å². The Labute approximate surface area is 331 Å². The van der Waals surface area contributed by atoms with Gasteiger partial charge in [-0.1, -0.05) is 73.7 Å². The highest BCUT2D eigenvalue weighted by atomic mass is 16.3. The van der Waals surface area contributed by atoms with Crippen LogP contribution >= 0.6 is 0 Å². The molecule has 1 unspecified atom stereocenters. The second-order valence-electron chi connectivity index (χ2n) is 15.3. The third-order valence-corrected chi connectivity index (χ3v) is 11.6. The number of aliphatic hydroxyl groups excluding tert-OH is 2. The zero-order valence-electron chi connectivity index (χ0n) is 32.1. The molecule has 6 N–H and O–H groups in total. The molecule has 8 rings (SSSR count). The van der Waals surface area contributed by atoms with Crippen LogP contribution in [-0.2, 0) is 4.79 Å². The van der Waals surface area contributed by atoms with Gasteiger partial charge in [0.15, 0.2) is 17.0 Å². The number of likely N-dealkylation sites (tertiary alicyclic amines) is 1. The summed E-state index contributed by atoms with van der Waals surface area (Å²) in [5.74, 6) is 1.66. The van der Waals surface area contributed by atoms with Crippen molar-refractivity contribution in [3.05, 3.63) is 103 Å². The number of aliphatic hydroxyl groups is 2. The van der Waals surface area contributed by atoms with E-state index in [1.54, 1.807) is 24.0 Å². The van der Waals surface area contributed by atoms with Crippen molar-refractivity contribution in [1.82, 2.24) is 40.0 Å². The molecule has 1 aliphatic carbocycles. The summed E-state index contributed by atoms with van der Waals surface area (Å²) in [7, 11) is 0. The van der Waals surface area contributed by atoms with Gasteiger partial charge in [-0.05, 0) is 48.9 Å². The van der Waals surface area contributed by atoms with Crippen LogP contribution in [-0.4, -0.2) is 115 Å². The molecule has 3 aliphatic rings. The fraction of sp³-hybridized carbons (Fsp3) is 0.429. The lowest BCUT2D eigenvalue weighted by Gasteiger charge is -2.33. The van der Waals surface area contributed by atoms with Crippen LogP contribution in [0.1, 0.15) is 62.1 Å². The molecule has 2 aromatic carbocycles. The van der Waals surface area contributed by atoms with Crippen molar-refractivity contribution >= 4 is 40.7 Å². The number of hydrogen-bond donors (Lipinski definition) is 6. The van der Waals surface area contributed by atoms with Gasteiger partial charge in [-0.25, -0.2) is 14.8 Å². The topological polar surface area (TPSA) is 186 Å². The second kappa shape index (κ2) is 17.1. The molecule has 5 heterocycles. The number of benzene rings is 2. The summed E-state index contributed by atoms with van der Waals surface area (Å²) < 4.78 is 1.78. The summed E-state index contributed by atoms with van der Waals surface area (Å²) in [6.45, 7) is 5.01. The minimum Gasteiger partial charge on any atom is -0.388 e. The van der Waals surface area contributed by atoms with Crippen molar-refractivity contribution in [3.63, 3.8) is 0 Å². The van der Waals surface area contributed by atoms with E-state index in [2.05, 4.69) is 55.4 Å². The first-order chi connectivity index (χ1) is 27.8. The Bertz CT molecular complexity index is 2070. The molecule has 57 heavy (non-hydrogen) atoms. The molecule has 3 amide bonds. The zero-order valence-corrected chi connectivity index (χ0v) is 32.1. The molecule has 5 aromatic rings. The number of hydrogen-bond acceptors (Lipinski definition) is 11. The summed E-state index contributed by atoms with van der Waals surface area (Å²) in [6.07, 6.45) is 4.10. The Morgan fingerprint density at radius 1 is 0.825 bits per heavy atom. The number of anilines is 3. The maximum atomic E-state index is 13.4. The van der Waals surface area contributed by atoms with Crippen molar-refractivity contribution in [2.45, 2.75) is 81.3 Å². The van der Waals surface area contributed by atoms with Crippen LogP contribution < -0.4 is 26.2 Å². The van der Waals surface area contributed by atoms with Crippen LogP contribution in [0, 0.1) is 0 Å². The van der Waals surface area contributed by atoms with Gasteiger partial charge >= 0.3 is 6.03 Å². The number of carbonyl (C=O) groups is 2. The Hall–Kier alpha value is -5.80. The number of pyridine rings is 1. The fourth-order valence-electron chi connectivity index (χ4n) is 8.39. The van der Waals surface area contributed by atoms with Gasteiger partial charge in [0.2, 0.25) is 11.9 Å². The quantitative estimate of drug-likeness (QED) is 0.108. The van der Waals surface area contributed by atoms with Crippen molar-refractivity contribution in [2.24, 2.45) is 0 Å². The van der Waals surface area contributed by atoms with E-state index >= 15 is 0 Å². The molecule has 1 saturated carbocycles. The molecule has 2 saturated heterocycles. The van der Waals surface area contributed by atoms with Crippen LogP contribution in [0.25, 0.3) is 11.2 Å². The van der Waals surface area contributed by atoms with Crippen LogP contribution in [0.3, 0.4) is 0 Å². The van der Waals surface area contributed by atoms with Gasteiger partial charge in [-0.2, -0.15) is 9.97 Å². The highest BCUT2D eigenvalue weighted by Gasteiger charge is 2.44. The lowest BCUT2D eigenvalue weighted by atomic mass is 9.91. The molecule has 298 valence electrons. The SMILES string of the molecule is CCC(=O)N[C@H]1C[C@@H](n2cnc3c(NCC(c4ccccc4)c4ccccc4)nc(NC4CCN(C(=O)NC5CCN(c6ccccn6)CC5)C4)nc32)[C@H](O)[C@@H]1O. The summed E-state index contributed by atoms with van der Waals surface area (Å²) in [5.41, 5.74) is 3.30. The van der Waals surface area contributed by atoms with Crippen LogP contribution in [0.5, 0.6) is 0 Å². The summed E-state index contributed by atoms with van der Waals surface area (Å²) in [4.78, 5) is 48.9. The van der Waals surface area contributed by atoms with Crippen molar-refractivity contribution in [3.8, 4) is 0 Å². The molecule has 5 atom stereocenters. The van der Waals surface area contributed by atoms with Crippen molar-refractivity contribution in [2.75, 3.05) is 48.3 Å². The number of fused-ring (bicyclic) bond motifs is 1. The third-order valence-electron chi connectivity index (χ3n) is 11.6. The predicted molar refractivity (Wildman–Crippen MR) is 218 cm³/mol. The third kappa shape index (κ3) is 8.49. The minimum atomic E-state index is -1.16. The Morgan fingerprint density at radius 2 is 1.53 bits per heavy atom. The van der Waals surface area contributed by atoms with Gasteiger partial charge in [0, 0.05) is 63.3 Å². The van der Waals surface area contributed by atoms with Crippen LogP contribution in [0.15, 0.2) is 91.4 Å². The van der Waals surface area contributed by atoms with E-state index in [0.29, 0.717) is 55.4 Å². The average Bonchev–Trinajstić information content (AvgIpc) is 3.97. The molecule has 3 aromatic heterocycles. The summed E-state index contributed by atoms with van der Waals surface area (Å²) in [5, 5.41) is 35.4. The molecule has 2 aliphatic heterocycles. The van der Waals surface area contributed by atoms with Gasteiger partial charge in [0.05, 0.1) is 18.4 Å². The predicted octanol–water partition coefficient (Wildman–Crippen LogP) is 3.89. The van der Waals surface area contributed by atoms with E-state index < -0.39 is 24.3 Å². The number of urea groups is 1. The molecule has 0 bridgehead atoms. The lowest BCUT2D eigenvalue weighted by Crippen LogP contribution is -2.49. The average molecular weight is 774 g/mol. The number of carbonyl (C=O) groups excluding carboxylic acids is 2. The molecule has 3 fully saturated rings. The standard InChI is InChI=1S/C42H51N11O4/c1-2-35(54)48-32-23-33(38(56)37(32)55)53-26-45-36-39(44-24-31(27-11-5-3-6-12-27)28-13-7-4-8-14-28)49-41(50-40(36)53)46-30-18-22-52(25-30)42(57)47-29-16-20-51(21-17-29)34-15-9-10-19-43-34/h3-15,19,26,29-33,37-38,55-56H,2,16-18,20-25H2,1H3,(H,47,57)(H,48,54)(H2,44,46,49,50)/t30?,32-,33+,37+,38-/m0/s1. The van der Waals surface area contributed by atoms with Gasteiger partial charge in [0.25, 0.3) is 0 Å². The first kappa shape index (κ1) is 38.1. The van der Waals surface area contributed by atoms with Gasteiger partial charge in [-0.3, -0.25) is 4.79 Å². The first-order valence-corrected chi connectivity index (χ1v) is 20.1. The van der Waals surface area contributed by atoms with E-state index in [-0.39, 0.29) is 36.4 Å². The fourth-order valence-corrected chi connectivity index (χ4v) is 8.39. The summed E-state index contributed by atoms with van der Waals surface area (Å²) in [6, 6.07) is 25.3. The number of nitrogens with one attached hydrogen (secondary N) is 4.